The van der Waals surface area contributed by atoms with Crippen molar-refractivity contribution in [3.8, 4) is 22.8 Å². The van der Waals surface area contributed by atoms with E-state index in [9.17, 15) is 0 Å². The zero-order valence-corrected chi connectivity index (χ0v) is 13.6. The highest BCUT2D eigenvalue weighted by Gasteiger charge is 2.17. The molecule has 4 aromatic rings. The molecule has 0 aliphatic heterocycles. The molecule has 0 aliphatic carbocycles. The Hall–Kier alpha value is -3.41. The molecule has 1 unspecified atom stereocenters. The fraction of sp³-hybridized carbons (Fsp3) is 0.105. The lowest BCUT2D eigenvalue weighted by atomic mass is 10.1. The Labute approximate surface area is 144 Å². The second-order valence-corrected chi connectivity index (χ2v) is 5.53. The summed E-state index contributed by atoms with van der Waals surface area (Å²) >= 11 is 0. The van der Waals surface area contributed by atoms with Crippen LogP contribution in [0.4, 0.5) is 5.95 Å². The molecule has 1 atom stereocenters. The Kier molecular flexibility index (Phi) is 4.00. The van der Waals surface area contributed by atoms with Crippen molar-refractivity contribution in [2.45, 2.75) is 13.0 Å². The average Bonchev–Trinajstić information content (AvgIpc) is 3.36. The van der Waals surface area contributed by atoms with E-state index >= 15 is 0 Å². The molecule has 25 heavy (non-hydrogen) atoms. The quantitative estimate of drug-likeness (QED) is 0.577. The number of hydrogen-bond donors (Lipinski definition) is 1. The molecule has 6 heteroatoms. The van der Waals surface area contributed by atoms with E-state index in [2.05, 4.69) is 20.3 Å². The number of nitrogens with one attached hydrogen (secondary N) is 1. The molecule has 0 saturated carbocycles. The van der Waals surface area contributed by atoms with Crippen LogP contribution < -0.4 is 5.32 Å². The first-order valence-corrected chi connectivity index (χ1v) is 7.93. The van der Waals surface area contributed by atoms with E-state index in [1.165, 1.54) is 0 Å². The van der Waals surface area contributed by atoms with E-state index in [4.69, 9.17) is 8.83 Å². The largest absolute Gasteiger partial charge is 0.464 e. The van der Waals surface area contributed by atoms with Crippen LogP contribution in [0.2, 0.25) is 0 Å². The Bertz CT molecular complexity index is 935. The molecule has 124 valence electrons. The van der Waals surface area contributed by atoms with Crippen LogP contribution in [0.1, 0.15) is 18.7 Å². The monoisotopic (exact) mass is 332 g/mol. The van der Waals surface area contributed by atoms with Crippen LogP contribution in [-0.2, 0) is 0 Å². The summed E-state index contributed by atoms with van der Waals surface area (Å²) in [4.78, 5) is 13.4. The van der Waals surface area contributed by atoms with E-state index in [1.807, 2.05) is 49.4 Å². The van der Waals surface area contributed by atoms with Crippen molar-refractivity contribution in [2.75, 3.05) is 5.32 Å². The first-order valence-electron chi connectivity index (χ1n) is 7.93. The topological polar surface area (TPSA) is 77.0 Å². The Balaban J connectivity index is 1.70. The molecule has 0 spiro atoms. The molecule has 6 nitrogen and oxygen atoms in total. The maximum absolute atomic E-state index is 5.53. The predicted octanol–water partition coefficient (Wildman–Crippen LogP) is 4.56. The van der Waals surface area contributed by atoms with Crippen LogP contribution in [0.25, 0.3) is 22.8 Å². The van der Waals surface area contributed by atoms with Crippen molar-refractivity contribution in [1.29, 1.82) is 0 Å². The maximum atomic E-state index is 5.53. The van der Waals surface area contributed by atoms with Gasteiger partial charge in [-0.2, -0.15) is 0 Å². The number of furan rings is 2. The maximum Gasteiger partial charge on any atom is 0.223 e. The van der Waals surface area contributed by atoms with Gasteiger partial charge in [-0.15, -0.1) is 0 Å². The second-order valence-electron chi connectivity index (χ2n) is 5.53. The molecule has 0 amide bonds. The van der Waals surface area contributed by atoms with Crippen molar-refractivity contribution in [3.05, 3.63) is 73.1 Å². The lowest BCUT2D eigenvalue weighted by molar-refractivity contribution is 0.573. The summed E-state index contributed by atoms with van der Waals surface area (Å²) in [7, 11) is 0. The molecule has 0 aliphatic rings. The third-order valence-corrected chi connectivity index (χ3v) is 3.81. The summed E-state index contributed by atoms with van der Waals surface area (Å²) in [5.41, 5.74) is 2.36. The van der Waals surface area contributed by atoms with Gasteiger partial charge in [0.1, 0.15) is 11.5 Å². The number of rotatable bonds is 5. The fourth-order valence-electron chi connectivity index (χ4n) is 2.56. The van der Waals surface area contributed by atoms with Gasteiger partial charge in [-0.05, 0) is 43.3 Å². The molecule has 4 aromatic heterocycles. The van der Waals surface area contributed by atoms with Gasteiger partial charge >= 0.3 is 0 Å². The second kappa shape index (κ2) is 6.60. The highest BCUT2D eigenvalue weighted by molar-refractivity contribution is 5.75. The highest BCUT2D eigenvalue weighted by Crippen LogP contribution is 2.31. The van der Waals surface area contributed by atoms with Crippen LogP contribution in [0, 0.1) is 0 Å². The highest BCUT2D eigenvalue weighted by atomic mass is 16.3. The Morgan fingerprint density at radius 2 is 1.72 bits per heavy atom. The molecule has 4 rings (SSSR count). The molecule has 1 N–H and O–H groups in total. The third kappa shape index (κ3) is 3.14. The van der Waals surface area contributed by atoms with Crippen molar-refractivity contribution in [2.24, 2.45) is 0 Å². The van der Waals surface area contributed by atoms with Gasteiger partial charge in [-0.25, -0.2) is 9.97 Å². The van der Waals surface area contributed by atoms with E-state index in [0.29, 0.717) is 23.2 Å². The number of nitrogens with zero attached hydrogens (tertiary/aromatic N) is 3. The first kappa shape index (κ1) is 15.1. The fourth-order valence-corrected chi connectivity index (χ4v) is 2.56. The summed E-state index contributed by atoms with van der Waals surface area (Å²) in [6, 6.07) is 13.2. The van der Waals surface area contributed by atoms with Crippen molar-refractivity contribution in [1.82, 2.24) is 15.0 Å². The lowest BCUT2D eigenvalue weighted by Gasteiger charge is -2.14. The SMILES string of the molecule is CC(Nc1ncc(-c2ccco2)c(-c2ccco2)n1)c1ccccn1. The molecular formula is C19H16N4O2. The van der Waals surface area contributed by atoms with E-state index in [0.717, 1.165) is 11.3 Å². The van der Waals surface area contributed by atoms with Crippen LogP contribution >= 0.6 is 0 Å². The number of pyridine rings is 1. The van der Waals surface area contributed by atoms with Crippen LogP contribution in [0.3, 0.4) is 0 Å². The summed E-state index contributed by atoms with van der Waals surface area (Å²) in [6.45, 7) is 2.01. The van der Waals surface area contributed by atoms with Gasteiger partial charge in [-0.1, -0.05) is 6.07 Å². The van der Waals surface area contributed by atoms with E-state index in [-0.39, 0.29) is 6.04 Å². The third-order valence-electron chi connectivity index (χ3n) is 3.81. The van der Waals surface area contributed by atoms with Gasteiger partial charge in [0, 0.05) is 12.4 Å². The normalized spacial score (nSPS) is 12.0. The molecule has 0 radical (unpaired) electrons. The minimum Gasteiger partial charge on any atom is -0.464 e. The average molecular weight is 332 g/mol. The summed E-state index contributed by atoms with van der Waals surface area (Å²) < 4.78 is 11.0. The molecule has 4 heterocycles. The number of anilines is 1. The minimum absolute atomic E-state index is 0.0277. The van der Waals surface area contributed by atoms with Crippen molar-refractivity contribution >= 4 is 5.95 Å². The summed E-state index contributed by atoms with van der Waals surface area (Å²) in [5.74, 6) is 1.85. The smallest absolute Gasteiger partial charge is 0.223 e. The van der Waals surface area contributed by atoms with Gasteiger partial charge in [0.2, 0.25) is 5.95 Å². The molecule has 0 saturated heterocycles. The summed E-state index contributed by atoms with van der Waals surface area (Å²) in [6.07, 6.45) is 6.74. The van der Waals surface area contributed by atoms with Gasteiger partial charge in [0.25, 0.3) is 0 Å². The van der Waals surface area contributed by atoms with Gasteiger partial charge < -0.3 is 14.2 Å². The molecule has 0 fully saturated rings. The molecular weight excluding hydrogens is 316 g/mol. The Morgan fingerprint density at radius 3 is 2.40 bits per heavy atom. The first-order chi connectivity index (χ1) is 12.3. The van der Waals surface area contributed by atoms with Crippen molar-refractivity contribution in [3.63, 3.8) is 0 Å². The Morgan fingerprint density at radius 1 is 0.920 bits per heavy atom. The van der Waals surface area contributed by atoms with E-state index < -0.39 is 0 Å². The standard InChI is InChI=1S/C19H16N4O2/c1-13(15-6-2-3-9-20-15)22-19-21-12-14(16-7-4-10-24-16)18(23-19)17-8-5-11-25-17/h2-13H,1H3,(H,21,22,23). The number of hydrogen-bond acceptors (Lipinski definition) is 6. The van der Waals surface area contributed by atoms with Gasteiger partial charge in [0.05, 0.1) is 29.8 Å². The zero-order chi connectivity index (χ0) is 17.1. The van der Waals surface area contributed by atoms with Gasteiger partial charge in [-0.3, -0.25) is 4.98 Å². The van der Waals surface area contributed by atoms with Crippen LogP contribution in [-0.4, -0.2) is 15.0 Å². The summed E-state index contributed by atoms with van der Waals surface area (Å²) in [5, 5.41) is 3.28. The number of aromatic nitrogens is 3. The lowest BCUT2D eigenvalue weighted by Crippen LogP contribution is -2.11. The van der Waals surface area contributed by atoms with Crippen LogP contribution in [0.5, 0.6) is 0 Å². The minimum atomic E-state index is -0.0277. The molecule has 0 aromatic carbocycles. The predicted molar refractivity (Wildman–Crippen MR) is 93.7 cm³/mol. The van der Waals surface area contributed by atoms with E-state index in [1.54, 1.807) is 24.9 Å². The van der Waals surface area contributed by atoms with Crippen molar-refractivity contribution < 1.29 is 8.83 Å². The molecule has 0 bridgehead atoms. The van der Waals surface area contributed by atoms with Crippen LogP contribution in [0.15, 0.2) is 76.2 Å². The van der Waals surface area contributed by atoms with Gasteiger partial charge in [0.15, 0.2) is 5.76 Å². The zero-order valence-electron chi connectivity index (χ0n) is 13.6.